The van der Waals surface area contributed by atoms with Gasteiger partial charge in [-0.3, -0.25) is 9.59 Å². The molecule has 0 aliphatic carbocycles. The van der Waals surface area contributed by atoms with Gasteiger partial charge in [-0.2, -0.15) is 5.10 Å². The molecule has 1 fully saturated rings. The Kier molecular flexibility index (Phi) is 3.47. The molecule has 6 heteroatoms. The highest BCUT2D eigenvalue weighted by Gasteiger charge is 2.27. The number of aryl methyl sites for hydroxylation is 1. The molecule has 1 saturated heterocycles. The summed E-state index contributed by atoms with van der Waals surface area (Å²) in [5.74, 6) is -0.105. The molecule has 0 bridgehead atoms. The average Bonchev–Trinajstić information content (AvgIpc) is 2.32. The summed E-state index contributed by atoms with van der Waals surface area (Å²) in [7, 11) is 3.59. The van der Waals surface area contributed by atoms with Crippen LogP contribution >= 0.6 is 0 Å². The van der Waals surface area contributed by atoms with Crippen LogP contribution in [0, 0.1) is 0 Å². The van der Waals surface area contributed by atoms with Gasteiger partial charge in [-0.05, 0) is 20.0 Å². The number of carbonyl (C=O) groups excluding carboxylic acids is 1. The molecule has 0 aromatic carbocycles. The number of aromatic nitrogens is 2. The molecule has 0 radical (unpaired) electrons. The van der Waals surface area contributed by atoms with E-state index in [0.29, 0.717) is 12.2 Å². The van der Waals surface area contributed by atoms with Crippen molar-refractivity contribution in [1.29, 1.82) is 0 Å². The Labute approximate surface area is 106 Å². The van der Waals surface area contributed by atoms with E-state index in [1.165, 1.54) is 16.8 Å². The van der Waals surface area contributed by atoms with Crippen LogP contribution in [0.4, 0.5) is 0 Å². The maximum atomic E-state index is 12.3. The van der Waals surface area contributed by atoms with Crippen molar-refractivity contribution >= 4 is 5.91 Å². The van der Waals surface area contributed by atoms with Crippen molar-refractivity contribution in [2.75, 3.05) is 26.7 Å². The molecule has 1 aromatic heterocycles. The summed E-state index contributed by atoms with van der Waals surface area (Å²) in [5.41, 5.74) is 0.117. The molecule has 6 nitrogen and oxygen atoms in total. The summed E-state index contributed by atoms with van der Waals surface area (Å²) in [5, 5.41) is 4.00. The van der Waals surface area contributed by atoms with Gasteiger partial charge in [0, 0.05) is 38.8 Å². The molecular formula is C12H18N4O2. The lowest BCUT2D eigenvalue weighted by Crippen LogP contribution is -2.53. The average molecular weight is 250 g/mol. The molecule has 2 rings (SSSR count). The molecule has 98 valence electrons. The summed E-state index contributed by atoms with van der Waals surface area (Å²) >= 11 is 0. The second-order valence-corrected chi connectivity index (χ2v) is 4.79. The van der Waals surface area contributed by atoms with Gasteiger partial charge in [0.1, 0.15) is 5.69 Å². The van der Waals surface area contributed by atoms with E-state index < -0.39 is 0 Å². The molecule has 18 heavy (non-hydrogen) atoms. The second-order valence-electron chi connectivity index (χ2n) is 4.79. The minimum atomic E-state index is -0.210. The number of hydrogen-bond acceptors (Lipinski definition) is 4. The molecule has 0 saturated carbocycles. The first-order valence-electron chi connectivity index (χ1n) is 6.03. The summed E-state index contributed by atoms with van der Waals surface area (Å²) < 4.78 is 1.19. The van der Waals surface area contributed by atoms with Crippen LogP contribution in [0.3, 0.4) is 0 Å². The summed E-state index contributed by atoms with van der Waals surface area (Å²) in [6, 6.07) is 3.03. The molecular weight excluding hydrogens is 232 g/mol. The fourth-order valence-corrected chi connectivity index (χ4v) is 2.20. The van der Waals surface area contributed by atoms with Crippen molar-refractivity contribution in [2.45, 2.75) is 13.0 Å². The number of hydrogen-bond donors (Lipinski definition) is 0. The summed E-state index contributed by atoms with van der Waals surface area (Å²) in [4.78, 5) is 27.6. The van der Waals surface area contributed by atoms with Crippen molar-refractivity contribution in [3.8, 4) is 0 Å². The van der Waals surface area contributed by atoms with Gasteiger partial charge in [0.25, 0.3) is 11.5 Å². The molecule has 1 aliphatic rings. The van der Waals surface area contributed by atoms with Gasteiger partial charge in [0.2, 0.25) is 0 Å². The molecule has 1 atom stereocenters. The Balaban J connectivity index is 2.20. The maximum Gasteiger partial charge on any atom is 0.274 e. The van der Waals surface area contributed by atoms with Crippen LogP contribution in [0.5, 0.6) is 0 Å². The van der Waals surface area contributed by atoms with E-state index in [9.17, 15) is 9.59 Å². The van der Waals surface area contributed by atoms with Crippen molar-refractivity contribution in [1.82, 2.24) is 19.6 Å². The van der Waals surface area contributed by atoms with Gasteiger partial charge in [-0.25, -0.2) is 4.68 Å². The zero-order valence-corrected chi connectivity index (χ0v) is 11.0. The molecule has 1 amide bonds. The second kappa shape index (κ2) is 4.89. The van der Waals surface area contributed by atoms with Gasteiger partial charge in [0.05, 0.1) is 0 Å². The number of piperazine rings is 1. The first-order valence-corrected chi connectivity index (χ1v) is 6.03. The predicted octanol–water partition coefficient (Wildman–Crippen LogP) is -0.444. The first-order chi connectivity index (χ1) is 8.49. The Bertz CT molecular complexity index is 511. The highest BCUT2D eigenvalue weighted by Crippen LogP contribution is 2.11. The fourth-order valence-electron chi connectivity index (χ4n) is 2.20. The highest BCUT2D eigenvalue weighted by molar-refractivity contribution is 5.92. The van der Waals surface area contributed by atoms with Crippen LogP contribution < -0.4 is 5.56 Å². The van der Waals surface area contributed by atoms with Crippen LogP contribution in [-0.2, 0) is 7.05 Å². The number of rotatable bonds is 1. The number of amides is 1. The quantitative estimate of drug-likeness (QED) is 0.678. The molecule has 1 aliphatic heterocycles. The van der Waals surface area contributed by atoms with Gasteiger partial charge < -0.3 is 9.80 Å². The third kappa shape index (κ3) is 2.43. The lowest BCUT2D eigenvalue weighted by molar-refractivity contribution is 0.0525. The Morgan fingerprint density at radius 1 is 1.33 bits per heavy atom. The Morgan fingerprint density at radius 2 is 2.06 bits per heavy atom. The third-order valence-corrected chi connectivity index (χ3v) is 3.27. The fraction of sp³-hybridized carbons (Fsp3) is 0.583. The summed E-state index contributed by atoms with van der Waals surface area (Å²) in [6.45, 7) is 4.44. The van der Waals surface area contributed by atoms with E-state index in [2.05, 4.69) is 10.00 Å². The lowest BCUT2D eigenvalue weighted by atomic mass is 10.2. The number of nitrogens with zero attached hydrogens (tertiary/aromatic N) is 4. The minimum Gasteiger partial charge on any atom is -0.332 e. The SMILES string of the molecule is CC1CN(C)CCN1C(=O)c1ccc(=O)n(C)n1. The maximum absolute atomic E-state index is 12.3. The zero-order chi connectivity index (χ0) is 13.3. The van der Waals surface area contributed by atoms with Gasteiger partial charge >= 0.3 is 0 Å². The Hall–Kier alpha value is -1.69. The Morgan fingerprint density at radius 3 is 2.67 bits per heavy atom. The van der Waals surface area contributed by atoms with Crippen LogP contribution in [0.15, 0.2) is 16.9 Å². The van der Waals surface area contributed by atoms with Crippen molar-refractivity contribution in [3.63, 3.8) is 0 Å². The third-order valence-electron chi connectivity index (χ3n) is 3.27. The van der Waals surface area contributed by atoms with Crippen LogP contribution in [0.1, 0.15) is 17.4 Å². The molecule has 1 aromatic rings. The van der Waals surface area contributed by atoms with Gasteiger partial charge in [-0.1, -0.05) is 0 Å². The molecule has 1 unspecified atom stereocenters. The molecule has 0 N–H and O–H groups in total. The van der Waals surface area contributed by atoms with E-state index in [4.69, 9.17) is 0 Å². The molecule has 0 spiro atoms. The van der Waals surface area contributed by atoms with E-state index in [0.717, 1.165) is 13.1 Å². The van der Waals surface area contributed by atoms with Gasteiger partial charge in [-0.15, -0.1) is 0 Å². The normalized spacial score (nSPS) is 21.1. The van der Waals surface area contributed by atoms with Gasteiger partial charge in [0.15, 0.2) is 0 Å². The van der Waals surface area contributed by atoms with Crippen molar-refractivity contribution in [2.24, 2.45) is 7.05 Å². The van der Waals surface area contributed by atoms with Crippen LogP contribution in [0.2, 0.25) is 0 Å². The van der Waals surface area contributed by atoms with E-state index >= 15 is 0 Å². The molecule has 2 heterocycles. The smallest absolute Gasteiger partial charge is 0.274 e. The first kappa shape index (κ1) is 12.8. The van der Waals surface area contributed by atoms with E-state index in [-0.39, 0.29) is 17.5 Å². The monoisotopic (exact) mass is 250 g/mol. The van der Waals surface area contributed by atoms with E-state index in [1.807, 2.05) is 18.9 Å². The number of carbonyl (C=O) groups is 1. The lowest BCUT2D eigenvalue weighted by Gasteiger charge is -2.37. The van der Waals surface area contributed by atoms with Crippen LogP contribution in [-0.4, -0.2) is 58.2 Å². The zero-order valence-electron chi connectivity index (χ0n) is 11.0. The minimum absolute atomic E-state index is 0.105. The predicted molar refractivity (Wildman–Crippen MR) is 67.5 cm³/mol. The van der Waals surface area contributed by atoms with Crippen molar-refractivity contribution < 1.29 is 4.79 Å². The topological polar surface area (TPSA) is 58.4 Å². The van der Waals surface area contributed by atoms with Crippen LogP contribution in [0.25, 0.3) is 0 Å². The van der Waals surface area contributed by atoms with E-state index in [1.54, 1.807) is 7.05 Å². The summed E-state index contributed by atoms with van der Waals surface area (Å²) in [6.07, 6.45) is 0. The standard InChI is InChI=1S/C12H18N4O2/c1-9-8-14(2)6-7-16(9)12(18)10-4-5-11(17)15(3)13-10/h4-5,9H,6-8H2,1-3H3. The number of likely N-dealkylation sites (N-methyl/N-ethyl adjacent to an activating group) is 1. The van der Waals surface area contributed by atoms with Crippen molar-refractivity contribution in [3.05, 3.63) is 28.2 Å². The highest BCUT2D eigenvalue weighted by atomic mass is 16.2. The largest absolute Gasteiger partial charge is 0.332 e.